The number of nitrogens with one attached hydrogen (secondary N) is 1. The first-order valence-electron chi connectivity index (χ1n) is 7.92. The Morgan fingerprint density at radius 1 is 1.20 bits per heavy atom. The average Bonchev–Trinajstić information content (AvgIpc) is 3.11. The summed E-state index contributed by atoms with van der Waals surface area (Å²) in [6, 6.07) is 14.7. The standard InChI is InChI=1S/C19H16FN3O2/c20-16-5-2-4-14(10-16)15-7-8-23(12-15)19(25)18(24)22-17-6-1-3-13(9-17)11-21/h1-6,9-10,15H,7-8,12H2,(H,22,24). The van der Waals surface area contributed by atoms with Crippen LogP contribution in [0.5, 0.6) is 0 Å². The fourth-order valence-corrected chi connectivity index (χ4v) is 2.97. The van der Waals surface area contributed by atoms with Crippen molar-refractivity contribution >= 4 is 17.5 Å². The van der Waals surface area contributed by atoms with Crippen LogP contribution in [0.1, 0.15) is 23.5 Å². The molecule has 1 heterocycles. The lowest BCUT2D eigenvalue weighted by atomic mass is 9.98. The molecule has 2 aromatic carbocycles. The Morgan fingerprint density at radius 2 is 2.00 bits per heavy atom. The summed E-state index contributed by atoms with van der Waals surface area (Å²) in [7, 11) is 0. The minimum absolute atomic E-state index is 0.0226. The number of rotatable bonds is 2. The molecule has 1 aliphatic rings. The van der Waals surface area contributed by atoms with Crippen LogP contribution in [0.3, 0.4) is 0 Å². The highest BCUT2D eigenvalue weighted by atomic mass is 19.1. The van der Waals surface area contributed by atoms with E-state index in [1.807, 2.05) is 12.1 Å². The second kappa shape index (κ2) is 7.14. The monoisotopic (exact) mass is 337 g/mol. The highest BCUT2D eigenvalue weighted by Crippen LogP contribution is 2.27. The SMILES string of the molecule is N#Cc1cccc(NC(=O)C(=O)N2CCC(c3cccc(F)c3)C2)c1. The summed E-state index contributed by atoms with van der Waals surface area (Å²) in [5, 5.41) is 11.4. The first-order valence-corrected chi connectivity index (χ1v) is 7.92. The molecule has 1 fully saturated rings. The highest BCUT2D eigenvalue weighted by Gasteiger charge is 2.31. The molecule has 0 aliphatic carbocycles. The van der Waals surface area contributed by atoms with Crippen LogP contribution in [-0.2, 0) is 9.59 Å². The third kappa shape index (κ3) is 3.83. The van der Waals surface area contributed by atoms with Crippen molar-refractivity contribution in [2.24, 2.45) is 0 Å². The van der Waals surface area contributed by atoms with Crippen molar-refractivity contribution in [3.8, 4) is 6.07 Å². The number of hydrogen-bond acceptors (Lipinski definition) is 3. The molecule has 6 heteroatoms. The van der Waals surface area contributed by atoms with E-state index in [1.54, 1.807) is 24.3 Å². The molecular formula is C19H16FN3O2. The van der Waals surface area contributed by atoms with Crippen LogP contribution < -0.4 is 5.32 Å². The van der Waals surface area contributed by atoms with Crippen molar-refractivity contribution in [3.63, 3.8) is 0 Å². The van der Waals surface area contributed by atoms with E-state index in [0.717, 1.165) is 5.56 Å². The lowest BCUT2D eigenvalue weighted by Gasteiger charge is -2.16. The van der Waals surface area contributed by atoms with Gasteiger partial charge in [0.25, 0.3) is 0 Å². The fraction of sp³-hybridized carbons (Fsp3) is 0.211. The molecule has 1 aliphatic heterocycles. The van der Waals surface area contributed by atoms with Gasteiger partial charge in [0.15, 0.2) is 0 Å². The zero-order chi connectivity index (χ0) is 17.8. The highest BCUT2D eigenvalue weighted by molar-refractivity contribution is 6.39. The molecule has 0 bridgehead atoms. The number of likely N-dealkylation sites (tertiary alicyclic amines) is 1. The number of carbonyl (C=O) groups excluding carboxylic acids is 2. The third-order valence-electron chi connectivity index (χ3n) is 4.24. The third-order valence-corrected chi connectivity index (χ3v) is 4.24. The number of nitrogens with zero attached hydrogens (tertiary/aromatic N) is 2. The predicted octanol–water partition coefficient (Wildman–Crippen LogP) is 2.65. The summed E-state index contributed by atoms with van der Waals surface area (Å²) in [5.74, 6) is -1.65. The quantitative estimate of drug-likeness (QED) is 0.856. The Bertz CT molecular complexity index is 860. The van der Waals surface area contributed by atoms with E-state index in [1.165, 1.54) is 23.1 Å². The molecular weight excluding hydrogens is 321 g/mol. The van der Waals surface area contributed by atoms with Gasteiger partial charge in [-0.1, -0.05) is 18.2 Å². The lowest BCUT2D eigenvalue weighted by Crippen LogP contribution is -2.38. The Labute approximate surface area is 144 Å². The van der Waals surface area contributed by atoms with Crippen LogP contribution >= 0.6 is 0 Å². The van der Waals surface area contributed by atoms with Gasteiger partial charge < -0.3 is 10.2 Å². The maximum Gasteiger partial charge on any atom is 0.313 e. The number of carbonyl (C=O) groups is 2. The molecule has 0 radical (unpaired) electrons. The molecule has 0 saturated carbocycles. The van der Waals surface area contributed by atoms with Crippen molar-refractivity contribution < 1.29 is 14.0 Å². The van der Waals surface area contributed by atoms with Gasteiger partial charge in [-0.05, 0) is 42.3 Å². The van der Waals surface area contributed by atoms with Gasteiger partial charge in [0, 0.05) is 24.7 Å². The maximum atomic E-state index is 13.3. The van der Waals surface area contributed by atoms with Crippen molar-refractivity contribution in [2.45, 2.75) is 12.3 Å². The smallest absolute Gasteiger partial charge is 0.313 e. The van der Waals surface area contributed by atoms with Crippen LogP contribution in [0, 0.1) is 17.1 Å². The Kier molecular flexibility index (Phi) is 4.75. The minimum atomic E-state index is -0.741. The first kappa shape index (κ1) is 16.7. The van der Waals surface area contributed by atoms with Crippen molar-refractivity contribution in [1.82, 2.24) is 4.90 Å². The lowest BCUT2D eigenvalue weighted by molar-refractivity contribution is -0.142. The van der Waals surface area contributed by atoms with Crippen molar-refractivity contribution in [3.05, 3.63) is 65.5 Å². The van der Waals surface area contributed by atoms with E-state index >= 15 is 0 Å². The summed E-state index contributed by atoms with van der Waals surface area (Å²) in [6.45, 7) is 0.833. The Hall–Kier alpha value is -3.20. The van der Waals surface area contributed by atoms with Gasteiger partial charge >= 0.3 is 11.8 Å². The molecule has 3 rings (SSSR count). The molecule has 1 atom stereocenters. The minimum Gasteiger partial charge on any atom is -0.334 e. The van der Waals surface area contributed by atoms with Gasteiger partial charge in [0.1, 0.15) is 5.82 Å². The maximum absolute atomic E-state index is 13.3. The summed E-state index contributed by atoms with van der Waals surface area (Å²) in [6.07, 6.45) is 0.687. The molecule has 0 spiro atoms. The van der Waals surface area contributed by atoms with E-state index in [0.29, 0.717) is 30.8 Å². The fourth-order valence-electron chi connectivity index (χ4n) is 2.97. The van der Waals surface area contributed by atoms with Gasteiger partial charge in [-0.25, -0.2) is 4.39 Å². The molecule has 5 nitrogen and oxygen atoms in total. The van der Waals surface area contributed by atoms with Gasteiger partial charge in [0.05, 0.1) is 11.6 Å². The van der Waals surface area contributed by atoms with Crippen molar-refractivity contribution in [2.75, 3.05) is 18.4 Å². The van der Waals surface area contributed by atoms with Crippen LogP contribution in [0.4, 0.5) is 10.1 Å². The van der Waals surface area contributed by atoms with Gasteiger partial charge in [-0.3, -0.25) is 9.59 Å². The van der Waals surface area contributed by atoms with E-state index < -0.39 is 11.8 Å². The molecule has 25 heavy (non-hydrogen) atoms. The van der Waals surface area contributed by atoms with Crippen LogP contribution in [0.25, 0.3) is 0 Å². The number of benzene rings is 2. The number of hydrogen-bond donors (Lipinski definition) is 1. The molecule has 1 saturated heterocycles. The predicted molar refractivity (Wildman–Crippen MR) is 90.1 cm³/mol. The van der Waals surface area contributed by atoms with Crippen molar-refractivity contribution in [1.29, 1.82) is 5.26 Å². The molecule has 2 amide bonds. The number of nitriles is 1. The zero-order valence-electron chi connectivity index (χ0n) is 13.4. The van der Waals surface area contributed by atoms with E-state index in [2.05, 4.69) is 5.32 Å². The van der Waals surface area contributed by atoms with Crippen LogP contribution in [0.2, 0.25) is 0 Å². The number of halogens is 1. The topological polar surface area (TPSA) is 73.2 Å². The molecule has 126 valence electrons. The van der Waals surface area contributed by atoms with Crippen LogP contribution in [0.15, 0.2) is 48.5 Å². The zero-order valence-corrected chi connectivity index (χ0v) is 13.4. The largest absolute Gasteiger partial charge is 0.334 e. The number of anilines is 1. The molecule has 2 aromatic rings. The van der Waals surface area contributed by atoms with Gasteiger partial charge in [-0.2, -0.15) is 5.26 Å². The van der Waals surface area contributed by atoms with Crippen LogP contribution in [-0.4, -0.2) is 29.8 Å². The summed E-state index contributed by atoms with van der Waals surface area (Å²) in [5.41, 5.74) is 1.63. The van der Waals surface area contributed by atoms with E-state index in [9.17, 15) is 14.0 Å². The normalized spacial score (nSPS) is 16.3. The summed E-state index contributed by atoms with van der Waals surface area (Å²) >= 11 is 0. The molecule has 1 N–H and O–H groups in total. The first-order chi connectivity index (χ1) is 12.1. The average molecular weight is 337 g/mol. The van der Waals surface area contributed by atoms with E-state index in [-0.39, 0.29) is 11.7 Å². The van der Waals surface area contributed by atoms with Gasteiger partial charge in [0.2, 0.25) is 0 Å². The van der Waals surface area contributed by atoms with Gasteiger partial charge in [-0.15, -0.1) is 0 Å². The molecule has 1 unspecified atom stereocenters. The van der Waals surface area contributed by atoms with E-state index in [4.69, 9.17) is 5.26 Å². The number of amides is 2. The second-order valence-corrected chi connectivity index (χ2v) is 5.94. The summed E-state index contributed by atoms with van der Waals surface area (Å²) < 4.78 is 13.3. The molecule has 0 aromatic heterocycles. The Balaban J connectivity index is 1.63. The summed E-state index contributed by atoms with van der Waals surface area (Å²) in [4.78, 5) is 25.9. The second-order valence-electron chi connectivity index (χ2n) is 5.94. The Morgan fingerprint density at radius 3 is 2.76 bits per heavy atom.